The molecular formula is C79H94F2N22. The van der Waals surface area contributed by atoms with E-state index in [2.05, 4.69) is 128 Å². The van der Waals surface area contributed by atoms with Crippen LogP contribution < -0.4 is 14.7 Å². The third-order valence-electron chi connectivity index (χ3n) is 23.0. The van der Waals surface area contributed by atoms with Crippen molar-refractivity contribution < 1.29 is 8.78 Å². The molecule has 22 nitrogen and oxygen atoms in total. The van der Waals surface area contributed by atoms with Crippen molar-refractivity contribution in [1.82, 2.24) is 93.1 Å². The van der Waals surface area contributed by atoms with E-state index in [0.29, 0.717) is 52.2 Å². The van der Waals surface area contributed by atoms with E-state index in [1.807, 2.05) is 106 Å². The van der Waals surface area contributed by atoms with E-state index >= 15 is 0 Å². The number of piperidine rings is 3. The minimum atomic E-state index is -0.240. The minimum Gasteiger partial charge on any atom is -0.369 e. The van der Waals surface area contributed by atoms with Gasteiger partial charge in [0.25, 0.3) is 0 Å². The molecule has 0 radical (unpaired) electrons. The molecule has 24 heteroatoms. The first-order valence-electron chi connectivity index (χ1n) is 37.0. The van der Waals surface area contributed by atoms with Gasteiger partial charge < -0.3 is 29.4 Å². The topological polar surface area (TPSA) is 171 Å². The van der Waals surface area contributed by atoms with Gasteiger partial charge in [-0.3, -0.25) is 34.6 Å². The summed E-state index contributed by atoms with van der Waals surface area (Å²) in [7, 11) is 6.65. The highest BCUT2D eigenvalue weighted by molar-refractivity contribution is 5.99. The Labute approximate surface area is 600 Å². The molecule has 0 spiro atoms. The molecule has 18 rings (SSSR count). The highest BCUT2D eigenvalue weighted by atomic mass is 19.1. The number of anilines is 3. The van der Waals surface area contributed by atoms with Gasteiger partial charge in [0.1, 0.15) is 11.6 Å². The summed E-state index contributed by atoms with van der Waals surface area (Å²) in [5, 5.41) is 15.7. The lowest BCUT2D eigenvalue weighted by Gasteiger charge is -2.46. The zero-order valence-electron chi connectivity index (χ0n) is 60.7. The first-order valence-corrected chi connectivity index (χ1v) is 37.0. The van der Waals surface area contributed by atoms with Gasteiger partial charge in [0.2, 0.25) is 0 Å². The molecular weight excluding hydrogens is 1300 g/mol. The van der Waals surface area contributed by atoms with E-state index in [9.17, 15) is 8.78 Å². The van der Waals surface area contributed by atoms with Crippen molar-refractivity contribution in [2.45, 2.75) is 90.9 Å². The van der Waals surface area contributed by atoms with Crippen molar-refractivity contribution >= 4 is 66.8 Å². The number of fused-ring (bicyclic) bond motifs is 6. The van der Waals surface area contributed by atoms with Gasteiger partial charge in [-0.15, -0.1) is 0 Å². The fourth-order valence-electron chi connectivity index (χ4n) is 16.9. The molecule has 6 fully saturated rings. The van der Waals surface area contributed by atoms with Gasteiger partial charge in [-0.2, -0.15) is 15.3 Å². The molecule has 0 bridgehead atoms. The van der Waals surface area contributed by atoms with Crippen molar-refractivity contribution in [3.8, 4) is 33.4 Å². The molecule has 534 valence electrons. The average molecular weight is 1390 g/mol. The number of hydrogen-bond donors (Lipinski definition) is 0. The third-order valence-corrected chi connectivity index (χ3v) is 23.0. The quantitative estimate of drug-likeness (QED) is 0.133. The lowest BCUT2D eigenvalue weighted by molar-refractivity contribution is 0.0511. The maximum atomic E-state index is 14.1. The standard InChI is InChI=1S/2C27H32FN7.C25H30N8/c1-18-12-23-22(4-7-29-26(23)13-25(18)28)24-15-31-35-17-21(14-30-27(24)35)33-8-5-20(6-9-33)34-11-10-32(3)16-19(34)2;1-18-12-22-21(4-6-29-25(22)13-24(18)28)23-15-31-35-17-20(14-30-27(23)35)34-7-5-26(19(2)16-34)33-10-8-32(3)9-11-33;1-18-3-4-23-24(29-18)21(5-8-26-23)22-16-28-33-17-20(15-27-25(22)33)31-9-6-19(7-10-31)32-13-11-30(2)12-14-32/h4,7,12-15,17,19-20H,5-6,8-11,16H2,1-3H3;4,6,12-15,17,19,26H,5,7-11,16H2,1-3H3;3-5,8,15-17,19H,6-7,9-14H2,1-2H3. The SMILES string of the molecule is Cc1cc2c(-c3cnn4cc(N5CCC(N6CCN(C)CC6)C(C)C5)cnc34)ccnc2cc1F.Cc1cc2c(-c3cnn4cc(N5CCC(N6CCN(C)CC6C)CC5)cnc34)ccnc2cc1F.Cc1ccc2nccc(-c3cnn4cc(N5CCC(N6CCN(C)CC6)CC5)cnc34)c2n1. The number of hydrogen-bond acceptors (Lipinski definition) is 19. The van der Waals surface area contributed by atoms with Gasteiger partial charge in [-0.25, -0.2) is 37.3 Å². The van der Waals surface area contributed by atoms with Crippen LogP contribution in [0.15, 0.2) is 129 Å². The highest BCUT2D eigenvalue weighted by Crippen LogP contribution is 2.37. The molecule has 103 heavy (non-hydrogen) atoms. The molecule has 3 unspecified atom stereocenters. The van der Waals surface area contributed by atoms with Crippen LogP contribution in [0.2, 0.25) is 0 Å². The largest absolute Gasteiger partial charge is 0.369 e. The maximum absolute atomic E-state index is 14.1. The molecule has 2 aromatic carbocycles. The van der Waals surface area contributed by atoms with E-state index in [1.54, 1.807) is 26.2 Å². The molecule has 0 N–H and O–H groups in total. The van der Waals surface area contributed by atoms with Crippen LogP contribution in [0.4, 0.5) is 25.8 Å². The highest BCUT2D eigenvalue weighted by Gasteiger charge is 2.35. The fraction of sp³-hybridized carbons (Fsp3) is 0.443. The number of aromatic nitrogens is 13. The summed E-state index contributed by atoms with van der Waals surface area (Å²) in [5.41, 5.74) is 16.8. The van der Waals surface area contributed by atoms with E-state index in [1.165, 1.54) is 90.1 Å². The lowest BCUT2D eigenvalue weighted by atomic mass is 9.91. The van der Waals surface area contributed by atoms with E-state index < -0.39 is 0 Å². The molecule has 10 aromatic heterocycles. The van der Waals surface area contributed by atoms with Crippen molar-refractivity contribution in [1.29, 1.82) is 0 Å². The molecule has 16 heterocycles. The van der Waals surface area contributed by atoms with Gasteiger partial charge in [-0.05, 0) is 152 Å². The van der Waals surface area contributed by atoms with Gasteiger partial charge in [0, 0.05) is 205 Å². The molecule has 3 atom stereocenters. The molecule has 0 amide bonds. The number of halogens is 2. The lowest BCUT2D eigenvalue weighted by Crippen LogP contribution is -2.56. The summed E-state index contributed by atoms with van der Waals surface area (Å²) in [6.07, 6.45) is 29.0. The summed E-state index contributed by atoms with van der Waals surface area (Å²) in [6, 6.07) is 19.3. The Bertz CT molecular complexity index is 5020. The summed E-state index contributed by atoms with van der Waals surface area (Å²) < 4.78 is 33.8. The van der Waals surface area contributed by atoms with E-state index in [0.717, 1.165) is 160 Å². The first-order chi connectivity index (χ1) is 50.1. The predicted octanol–water partition coefficient (Wildman–Crippen LogP) is 10.7. The molecule has 6 saturated heterocycles. The Morgan fingerprint density at radius 3 is 1.35 bits per heavy atom. The van der Waals surface area contributed by atoms with Crippen LogP contribution in [0.5, 0.6) is 0 Å². The van der Waals surface area contributed by atoms with Crippen LogP contribution in [0.25, 0.3) is 83.2 Å². The summed E-state index contributed by atoms with van der Waals surface area (Å²) in [5.74, 6) is 0.119. The van der Waals surface area contributed by atoms with E-state index in [4.69, 9.17) is 19.9 Å². The Morgan fingerprint density at radius 1 is 0.398 bits per heavy atom. The van der Waals surface area contributed by atoms with E-state index in [-0.39, 0.29) is 11.6 Å². The molecule has 6 aliphatic heterocycles. The summed E-state index contributed by atoms with van der Waals surface area (Å²) >= 11 is 0. The molecule has 0 aliphatic carbocycles. The number of pyridine rings is 4. The zero-order chi connectivity index (χ0) is 70.6. The van der Waals surface area contributed by atoms with Gasteiger partial charge in [-0.1, -0.05) is 6.92 Å². The fourth-order valence-corrected chi connectivity index (χ4v) is 16.9. The number of nitrogens with zero attached hydrogens (tertiary/aromatic N) is 22. The number of likely N-dealkylation sites (N-methyl/N-ethyl adjacent to an activating group) is 3. The van der Waals surface area contributed by atoms with Crippen molar-refractivity contribution in [2.75, 3.05) is 147 Å². The first kappa shape index (κ1) is 68.1. The molecule has 6 aliphatic rings. The van der Waals surface area contributed by atoms with Gasteiger partial charge >= 0.3 is 0 Å². The summed E-state index contributed by atoms with van der Waals surface area (Å²) in [6.45, 7) is 29.5. The summed E-state index contributed by atoms with van der Waals surface area (Å²) in [4.78, 5) is 55.1. The van der Waals surface area contributed by atoms with Crippen LogP contribution in [0.1, 0.15) is 62.8 Å². The van der Waals surface area contributed by atoms with Crippen LogP contribution in [-0.4, -0.2) is 250 Å². The van der Waals surface area contributed by atoms with Crippen molar-refractivity contribution in [2.24, 2.45) is 5.92 Å². The predicted molar refractivity (Wildman–Crippen MR) is 405 cm³/mol. The van der Waals surface area contributed by atoms with Gasteiger partial charge in [0.15, 0.2) is 16.9 Å². The van der Waals surface area contributed by atoms with Gasteiger partial charge in [0.05, 0.1) is 94.9 Å². The third kappa shape index (κ3) is 14.0. The smallest absolute Gasteiger partial charge is 0.163 e. The number of piperazine rings is 3. The second-order valence-corrected chi connectivity index (χ2v) is 29.8. The minimum absolute atomic E-state index is 0.240. The van der Waals surface area contributed by atoms with Crippen molar-refractivity contribution in [3.63, 3.8) is 0 Å². The molecule has 0 saturated carbocycles. The van der Waals surface area contributed by atoms with Crippen LogP contribution in [0.3, 0.4) is 0 Å². The number of aryl methyl sites for hydroxylation is 3. The van der Waals surface area contributed by atoms with Crippen molar-refractivity contribution in [3.05, 3.63) is 157 Å². The maximum Gasteiger partial charge on any atom is 0.163 e. The van der Waals surface area contributed by atoms with Crippen LogP contribution in [-0.2, 0) is 0 Å². The Kier molecular flexibility index (Phi) is 19.2. The normalized spacial score (nSPS) is 20.8. The monoisotopic (exact) mass is 1390 g/mol. The average Bonchev–Trinajstić information content (AvgIpc) is 1.69. The Balaban J connectivity index is 0.000000119. The Hall–Kier alpha value is -9.30. The second-order valence-electron chi connectivity index (χ2n) is 29.8. The van der Waals surface area contributed by atoms with Crippen LogP contribution >= 0.6 is 0 Å². The van der Waals surface area contributed by atoms with Crippen LogP contribution in [0, 0.1) is 38.3 Å². The Morgan fingerprint density at radius 2 is 0.845 bits per heavy atom. The molecule has 12 aromatic rings. The number of benzene rings is 2. The number of rotatable bonds is 9. The second kappa shape index (κ2) is 29.1. The zero-order valence-corrected chi connectivity index (χ0v) is 60.7.